The van der Waals surface area contributed by atoms with Crippen LogP contribution in [-0.4, -0.2) is 30.8 Å². The first-order valence-corrected chi connectivity index (χ1v) is 10.2. The fourth-order valence-electron chi connectivity index (χ4n) is 3.37. The van der Waals surface area contributed by atoms with Gasteiger partial charge in [0.25, 0.3) is 5.91 Å². The molecule has 1 aromatic heterocycles. The summed E-state index contributed by atoms with van der Waals surface area (Å²) in [6, 6.07) is 9.62. The molecule has 1 amide bonds. The monoisotopic (exact) mass is 410 g/mol. The average molecular weight is 410 g/mol. The zero-order valence-electron chi connectivity index (χ0n) is 16.4. The van der Waals surface area contributed by atoms with Crippen LogP contribution in [0.5, 0.6) is 17.2 Å². The van der Waals surface area contributed by atoms with Gasteiger partial charge in [-0.1, -0.05) is 29.5 Å². The molecule has 3 aromatic rings. The molecule has 4 rings (SSSR count). The van der Waals surface area contributed by atoms with E-state index in [9.17, 15) is 4.79 Å². The number of hydrogen-bond acceptors (Lipinski definition) is 5. The number of carbonyl (C=O) groups is 1. The van der Waals surface area contributed by atoms with Crippen molar-refractivity contribution in [2.75, 3.05) is 20.3 Å². The van der Waals surface area contributed by atoms with Crippen LogP contribution in [0.2, 0.25) is 0 Å². The van der Waals surface area contributed by atoms with Crippen molar-refractivity contribution >= 4 is 27.5 Å². The van der Waals surface area contributed by atoms with Gasteiger partial charge in [0.05, 0.1) is 23.7 Å². The number of thiazole rings is 1. The Morgan fingerprint density at radius 2 is 2.03 bits per heavy atom. The highest BCUT2D eigenvalue weighted by molar-refractivity contribution is 7.16. The molecular weight excluding hydrogens is 388 g/mol. The van der Waals surface area contributed by atoms with E-state index in [0.29, 0.717) is 30.3 Å². The van der Waals surface area contributed by atoms with Gasteiger partial charge < -0.3 is 18.8 Å². The van der Waals surface area contributed by atoms with E-state index < -0.39 is 0 Å². The molecule has 1 aliphatic heterocycles. The van der Waals surface area contributed by atoms with Crippen molar-refractivity contribution in [1.29, 1.82) is 0 Å². The summed E-state index contributed by atoms with van der Waals surface area (Å²) in [6.45, 7) is 7.40. The van der Waals surface area contributed by atoms with Crippen molar-refractivity contribution < 1.29 is 19.0 Å². The van der Waals surface area contributed by atoms with Gasteiger partial charge in [0.15, 0.2) is 16.3 Å². The number of ether oxygens (including phenoxy) is 3. The molecule has 0 spiro atoms. The van der Waals surface area contributed by atoms with Gasteiger partial charge in [0, 0.05) is 18.7 Å². The van der Waals surface area contributed by atoms with Crippen molar-refractivity contribution in [3.63, 3.8) is 0 Å². The smallest absolute Gasteiger partial charge is 0.252 e. The number of fused-ring (bicyclic) bond motifs is 2. The van der Waals surface area contributed by atoms with Gasteiger partial charge in [-0.2, -0.15) is 4.99 Å². The molecule has 1 aliphatic rings. The standard InChI is InChI=1S/C22H22N2O4S/c1-4-7-24-16-12-18-19(28-9-8-27-18)13-20(16)29-22(24)23-21(25)11-15-5-6-17(26-3)14(2)10-15/h4-6,10,12-13H,1,7-9,11H2,2-3H3. The minimum atomic E-state index is -0.198. The molecule has 2 aromatic carbocycles. The molecule has 0 N–H and O–H groups in total. The van der Waals surface area contributed by atoms with Crippen LogP contribution >= 0.6 is 11.3 Å². The molecule has 0 unspecified atom stereocenters. The third-order valence-electron chi connectivity index (χ3n) is 4.69. The van der Waals surface area contributed by atoms with Crippen LogP contribution in [0.4, 0.5) is 0 Å². The van der Waals surface area contributed by atoms with E-state index in [4.69, 9.17) is 14.2 Å². The second-order valence-electron chi connectivity index (χ2n) is 6.73. The molecule has 0 atom stereocenters. The Labute approximate surface area is 172 Å². The minimum Gasteiger partial charge on any atom is -0.496 e. The number of methoxy groups -OCH3 is 1. The Bertz CT molecular complexity index is 1160. The normalized spacial score (nSPS) is 13.5. The van der Waals surface area contributed by atoms with Crippen molar-refractivity contribution in [1.82, 2.24) is 4.57 Å². The van der Waals surface area contributed by atoms with Crippen LogP contribution in [0.15, 0.2) is 48.0 Å². The maximum Gasteiger partial charge on any atom is 0.252 e. The predicted octanol–water partition coefficient (Wildman–Crippen LogP) is 3.65. The van der Waals surface area contributed by atoms with E-state index >= 15 is 0 Å². The number of carbonyl (C=O) groups excluding carboxylic acids is 1. The number of allylic oxidation sites excluding steroid dienone is 1. The van der Waals surface area contributed by atoms with E-state index in [-0.39, 0.29) is 12.3 Å². The summed E-state index contributed by atoms with van der Waals surface area (Å²) in [5.41, 5.74) is 2.85. The first kappa shape index (κ1) is 19.3. The molecule has 0 saturated heterocycles. The van der Waals surface area contributed by atoms with Crippen molar-refractivity contribution in [2.45, 2.75) is 19.9 Å². The Balaban J connectivity index is 1.70. The van der Waals surface area contributed by atoms with Gasteiger partial charge in [0.2, 0.25) is 0 Å². The second kappa shape index (κ2) is 8.13. The number of nitrogens with zero attached hydrogens (tertiary/aromatic N) is 2. The quantitative estimate of drug-likeness (QED) is 0.603. The van der Waals surface area contributed by atoms with E-state index in [1.54, 1.807) is 13.2 Å². The molecular formula is C22H22N2O4S. The zero-order valence-corrected chi connectivity index (χ0v) is 17.3. The molecule has 7 heteroatoms. The molecule has 0 aliphatic carbocycles. The van der Waals surface area contributed by atoms with Crippen LogP contribution in [-0.2, 0) is 17.8 Å². The molecule has 0 bridgehead atoms. The average Bonchev–Trinajstić information content (AvgIpc) is 3.02. The lowest BCUT2D eigenvalue weighted by atomic mass is 10.1. The number of rotatable bonds is 5. The number of aromatic nitrogens is 1. The first-order chi connectivity index (χ1) is 14.1. The van der Waals surface area contributed by atoms with Crippen LogP contribution in [0, 0.1) is 6.92 Å². The largest absolute Gasteiger partial charge is 0.496 e. The van der Waals surface area contributed by atoms with Gasteiger partial charge >= 0.3 is 0 Å². The van der Waals surface area contributed by atoms with Crippen molar-refractivity contribution in [3.05, 3.63) is 58.9 Å². The molecule has 29 heavy (non-hydrogen) atoms. The number of hydrogen-bond donors (Lipinski definition) is 0. The highest BCUT2D eigenvalue weighted by atomic mass is 32.1. The van der Waals surface area contributed by atoms with Gasteiger partial charge in [-0.25, -0.2) is 0 Å². The molecule has 0 radical (unpaired) electrons. The number of aryl methyl sites for hydroxylation is 1. The fourth-order valence-corrected chi connectivity index (χ4v) is 4.44. The summed E-state index contributed by atoms with van der Waals surface area (Å²) in [4.78, 5) is 17.7. The second-order valence-corrected chi connectivity index (χ2v) is 7.74. The van der Waals surface area contributed by atoms with Crippen LogP contribution < -0.4 is 19.0 Å². The fraction of sp³-hybridized carbons (Fsp3) is 0.273. The summed E-state index contributed by atoms with van der Waals surface area (Å²) >= 11 is 1.46. The predicted molar refractivity (Wildman–Crippen MR) is 113 cm³/mol. The summed E-state index contributed by atoms with van der Waals surface area (Å²) in [7, 11) is 1.64. The lowest BCUT2D eigenvalue weighted by molar-refractivity contribution is -0.117. The summed E-state index contributed by atoms with van der Waals surface area (Å²) in [5, 5.41) is 0. The van der Waals surface area contributed by atoms with Gasteiger partial charge in [-0.05, 0) is 24.1 Å². The van der Waals surface area contributed by atoms with E-state index in [1.165, 1.54) is 11.3 Å². The lowest BCUT2D eigenvalue weighted by Gasteiger charge is -2.18. The van der Waals surface area contributed by atoms with Crippen molar-refractivity contribution in [2.24, 2.45) is 4.99 Å². The van der Waals surface area contributed by atoms with Crippen LogP contribution in [0.3, 0.4) is 0 Å². The highest BCUT2D eigenvalue weighted by Crippen LogP contribution is 2.35. The first-order valence-electron chi connectivity index (χ1n) is 9.34. The van der Waals surface area contributed by atoms with Gasteiger partial charge in [-0.15, -0.1) is 6.58 Å². The molecule has 150 valence electrons. The molecule has 0 saturated carbocycles. The van der Waals surface area contributed by atoms with Crippen LogP contribution in [0.25, 0.3) is 10.2 Å². The van der Waals surface area contributed by atoms with Gasteiger partial charge in [0.1, 0.15) is 19.0 Å². The SMILES string of the molecule is C=CCn1c(=NC(=O)Cc2ccc(OC)c(C)c2)sc2cc3c(cc21)OCCO3. The summed E-state index contributed by atoms with van der Waals surface area (Å²) in [5.74, 6) is 2.05. The molecule has 2 heterocycles. The Morgan fingerprint density at radius 1 is 1.28 bits per heavy atom. The van der Waals surface area contributed by atoms with E-state index in [0.717, 1.165) is 32.8 Å². The third-order valence-corrected chi connectivity index (χ3v) is 5.73. The Hall–Kier alpha value is -3.06. The summed E-state index contributed by atoms with van der Waals surface area (Å²) < 4.78 is 19.6. The molecule has 6 nitrogen and oxygen atoms in total. The topological polar surface area (TPSA) is 62.1 Å². The van der Waals surface area contributed by atoms with Gasteiger partial charge in [-0.3, -0.25) is 4.79 Å². The minimum absolute atomic E-state index is 0.198. The number of amides is 1. The Morgan fingerprint density at radius 3 is 2.72 bits per heavy atom. The third kappa shape index (κ3) is 3.91. The maximum atomic E-state index is 12.7. The lowest BCUT2D eigenvalue weighted by Crippen LogP contribution is -2.17. The zero-order chi connectivity index (χ0) is 20.4. The maximum absolute atomic E-state index is 12.7. The Kier molecular flexibility index (Phi) is 5.40. The number of benzene rings is 2. The highest BCUT2D eigenvalue weighted by Gasteiger charge is 2.16. The van der Waals surface area contributed by atoms with Crippen molar-refractivity contribution in [3.8, 4) is 17.2 Å². The van der Waals surface area contributed by atoms with E-state index in [1.807, 2.05) is 41.8 Å². The molecule has 0 fully saturated rings. The van der Waals surface area contributed by atoms with E-state index in [2.05, 4.69) is 11.6 Å². The summed E-state index contributed by atoms with van der Waals surface area (Å²) in [6.07, 6.45) is 2.02. The van der Waals surface area contributed by atoms with Crippen LogP contribution in [0.1, 0.15) is 11.1 Å².